The zero-order valence-corrected chi connectivity index (χ0v) is 15.1. The van der Waals surface area contributed by atoms with Gasteiger partial charge in [0.1, 0.15) is 5.82 Å². The zero-order chi connectivity index (χ0) is 17.2. The third kappa shape index (κ3) is 5.98. The van der Waals surface area contributed by atoms with Crippen LogP contribution in [0.25, 0.3) is 0 Å². The van der Waals surface area contributed by atoms with Crippen molar-refractivity contribution in [2.45, 2.75) is 13.0 Å². The molecular formula is C17H30N6O. The molecule has 2 rings (SSSR count). The van der Waals surface area contributed by atoms with Crippen LogP contribution in [0.15, 0.2) is 23.3 Å². The lowest BCUT2D eigenvalue weighted by Gasteiger charge is -2.33. The number of hydrogen-bond acceptors (Lipinski definition) is 5. The number of piperazine rings is 1. The summed E-state index contributed by atoms with van der Waals surface area (Å²) in [5, 5.41) is 6.57. The van der Waals surface area contributed by atoms with E-state index in [0.29, 0.717) is 6.54 Å². The molecule has 1 aromatic rings. The van der Waals surface area contributed by atoms with E-state index in [1.165, 1.54) is 0 Å². The van der Waals surface area contributed by atoms with Crippen molar-refractivity contribution >= 4 is 11.8 Å². The van der Waals surface area contributed by atoms with E-state index in [4.69, 9.17) is 4.74 Å². The van der Waals surface area contributed by atoms with Gasteiger partial charge in [0.05, 0.1) is 0 Å². The number of nitrogens with zero attached hydrogens (tertiary/aromatic N) is 4. The van der Waals surface area contributed by atoms with Gasteiger partial charge in [-0.1, -0.05) is 6.07 Å². The lowest BCUT2D eigenvalue weighted by atomic mass is 10.2. The number of anilines is 1. The molecule has 0 radical (unpaired) electrons. The van der Waals surface area contributed by atoms with Crippen LogP contribution in [0.4, 0.5) is 5.82 Å². The maximum atomic E-state index is 5.04. The fourth-order valence-electron chi connectivity index (χ4n) is 2.57. The molecule has 7 heteroatoms. The molecule has 2 heterocycles. The predicted octanol–water partition coefficient (Wildman–Crippen LogP) is 0.535. The van der Waals surface area contributed by atoms with Gasteiger partial charge in [0.2, 0.25) is 0 Å². The molecule has 1 saturated heterocycles. The Labute approximate surface area is 145 Å². The van der Waals surface area contributed by atoms with E-state index in [9.17, 15) is 0 Å². The largest absolute Gasteiger partial charge is 0.385 e. The molecule has 1 aliphatic rings. The Hall–Kier alpha value is -1.86. The van der Waals surface area contributed by atoms with E-state index >= 15 is 0 Å². The third-order valence-electron chi connectivity index (χ3n) is 4.14. The van der Waals surface area contributed by atoms with Crippen molar-refractivity contribution in [3.8, 4) is 0 Å². The van der Waals surface area contributed by atoms with Gasteiger partial charge < -0.3 is 25.2 Å². The highest BCUT2D eigenvalue weighted by atomic mass is 16.5. The van der Waals surface area contributed by atoms with Crippen LogP contribution in [-0.2, 0) is 11.3 Å². The molecule has 0 amide bonds. The predicted molar refractivity (Wildman–Crippen MR) is 98.6 cm³/mol. The highest BCUT2D eigenvalue weighted by Crippen LogP contribution is 2.13. The second kappa shape index (κ2) is 10.1. The van der Waals surface area contributed by atoms with E-state index in [2.05, 4.69) is 49.6 Å². The Bertz CT molecular complexity index is 496. The van der Waals surface area contributed by atoms with Crippen molar-refractivity contribution in [2.75, 3.05) is 65.4 Å². The molecule has 1 aromatic heterocycles. The first-order valence-corrected chi connectivity index (χ1v) is 8.55. The molecule has 0 bridgehead atoms. The SMILES string of the molecule is CN=C(NCCCOC)NCc1ccc(N2CCN(C)CC2)nc1. The van der Waals surface area contributed by atoms with E-state index in [-0.39, 0.29) is 0 Å². The summed E-state index contributed by atoms with van der Waals surface area (Å²) in [5.41, 5.74) is 1.15. The fraction of sp³-hybridized carbons (Fsp3) is 0.647. The minimum Gasteiger partial charge on any atom is -0.385 e. The van der Waals surface area contributed by atoms with Crippen molar-refractivity contribution < 1.29 is 4.74 Å². The molecular weight excluding hydrogens is 304 g/mol. The number of guanidine groups is 1. The van der Waals surface area contributed by atoms with E-state index in [1.54, 1.807) is 14.2 Å². The molecule has 0 atom stereocenters. The van der Waals surface area contributed by atoms with Crippen molar-refractivity contribution in [2.24, 2.45) is 4.99 Å². The van der Waals surface area contributed by atoms with Crippen LogP contribution in [0.5, 0.6) is 0 Å². The van der Waals surface area contributed by atoms with Gasteiger partial charge in [-0.25, -0.2) is 4.98 Å². The van der Waals surface area contributed by atoms with E-state index < -0.39 is 0 Å². The van der Waals surface area contributed by atoms with Crippen LogP contribution < -0.4 is 15.5 Å². The number of nitrogens with one attached hydrogen (secondary N) is 2. The lowest BCUT2D eigenvalue weighted by Crippen LogP contribution is -2.44. The van der Waals surface area contributed by atoms with Gasteiger partial charge in [-0.15, -0.1) is 0 Å². The van der Waals surface area contributed by atoms with Crippen LogP contribution >= 0.6 is 0 Å². The second-order valence-electron chi connectivity index (χ2n) is 6.01. The minimum absolute atomic E-state index is 0.708. The van der Waals surface area contributed by atoms with E-state index in [0.717, 1.165) is 63.1 Å². The van der Waals surface area contributed by atoms with Gasteiger partial charge >= 0.3 is 0 Å². The molecule has 134 valence electrons. The molecule has 0 aliphatic carbocycles. The molecule has 7 nitrogen and oxygen atoms in total. The number of aliphatic imine (C=N–C) groups is 1. The number of rotatable bonds is 7. The van der Waals surface area contributed by atoms with Crippen LogP contribution in [0.2, 0.25) is 0 Å². The summed E-state index contributed by atoms with van der Waals surface area (Å²) < 4.78 is 5.04. The number of pyridine rings is 1. The van der Waals surface area contributed by atoms with Crippen LogP contribution in [0.1, 0.15) is 12.0 Å². The molecule has 1 aliphatic heterocycles. The Balaban J connectivity index is 1.76. The minimum atomic E-state index is 0.708. The van der Waals surface area contributed by atoms with E-state index in [1.807, 2.05) is 6.20 Å². The Morgan fingerprint density at radius 1 is 1.25 bits per heavy atom. The molecule has 0 spiro atoms. The smallest absolute Gasteiger partial charge is 0.191 e. The summed E-state index contributed by atoms with van der Waals surface area (Å²) >= 11 is 0. The Morgan fingerprint density at radius 3 is 2.67 bits per heavy atom. The number of ether oxygens (including phenoxy) is 1. The number of likely N-dealkylation sites (N-methyl/N-ethyl adjacent to an activating group) is 1. The fourth-order valence-corrected chi connectivity index (χ4v) is 2.57. The summed E-state index contributed by atoms with van der Waals surface area (Å²) in [6.07, 6.45) is 2.90. The first-order valence-electron chi connectivity index (χ1n) is 8.55. The van der Waals surface area contributed by atoms with Crippen LogP contribution in [0.3, 0.4) is 0 Å². The monoisotopic (exact) mass is 334 g/mol. The van der Waals surface area contributed by atoms with Crippen molar-refractivity contribution in [3.63, 3.8) is 0 Å². The standard InChI is InChI=1S/C17H30N6O/c1-18-17(19-7-4-12-24-3)21-14-15-5-6-16(20-13-15)23-10-8-22(2)9-11-23/h5-6,13H,4,7-12,14H2,1-3H3,(H2,18,19,21). The molecule has 0 unspecified atom stereocenters. The summed E-state index contributed by atoms with van der Waals surface area (Å²) in [6.45, 7) is 6.57. The van der Waals surface area contributed by atoms with Gasteiger partial charge in [-0.05, 0) is 25.1 Å². The molecule has 0 aromatic carbocycles. The van der Waals surface area contributed by atoms with Crippen LogP contribution in [-0.4, -0.2) is 76.4 Å². The highest BCUT2D eigenvalue weighted by Gasteiger charge is 2.14. The third-order valence-corrected chi connectivity index (χ3v) is 4.14. The first kappa shape index (κ1) is 18.5. The average Bonchev–Trinajstić information content (AvgIpc) is 2.62. The molecule has 0 saturated carbocycles. The van der Waals surface area contributed by atoms with Gasteiger partial charge in [0.15, 0.2) is 5.96 Å². The van der Waals surface area contributed by atoms with Crippen molar-refractivity contribution in [1.29, 1.82) is 0 Å². The topological polar surface area (TPSA) is 65.0 Å². The number of aromatic nitrogens is 1. The quantitative estimate of drug-likeness (QED) is 0.431. The van der Waals surface area contributed by atoms with Gasteiger partial charge in [0, 0.05) is 66.2 Å². The summed E-state index contributed by atoms with van der Waals surface area (Å²) in [4.78, 5) is 13.5. The average molecular weight is 334 g/mol. The van der Waals surface area contributed by atoms with Crippen molar-refractivity contribution in [1.82, 2.24) is 20.5 Å². The number of hydrogen-bond donors (Lipinski definition) is 2. The first-order chi connectivity index (χ1) is 11.7. The lowest BCUT2D eigenvalue weighted by molar-refractivity contribution is 0.195. The maximum Gasteiger partial charge on any atom is 0.191 e. The molecule has 1 fully saturated rings. The van der Waals surface area contributed by atoms with Gasteiger partial charge in [0.25, 0.3) is 0 Å². The highest BCUT2D eigenvalue weighted by molar-refractivity contribution is 5.79. The van der Waals surface area contributed by atoms with Gasteiger partial charge in [-0.2, -0.15) is 0 Å². The summed E-state index contributed by atoms with van der Waals surface area (Å²) in [6, 6.07) is 4.24. The maximum absolute atomic E-state index is 5.04. The number of methoxy groups -OCH3 is 1. The Morgan fingerprint density at radius 2 is 2.04 bits per heavy atom. The second-order valence-corrected chi connectivity index (χ2v) is 6.01. The summed E-state index contributed by atoms with van der Waals surface area (Å²) in [5.74, 6) is 1.86. The molecule has 24 heavy (non-hydrogen) atoms. The normalized spacial score (nSPS) is 16.3. The summed E-state index contributed by atoms with van der Waals surface area (Å²) in [7, 11) is 5.65. The molecule has 2 N–H and O–H groups in total. The zero-order valence-electron chi connectivity index (χ0n) is 15.1. The van der Waals surface area contributed by atoms with Gasteiger partial charge in [-0.3, -0.25) is 4.99 Å². The van der Waals surface area contributed by atoms with Crippen molar-refractivity contribution in [3.05, 3.63) is 23.9 Å². The van der Waals surface area contributed by atoms with Crippen LogP contribution in [0, 0.1) is 0 Å². The Kier molecular flexibility index (Phi) is 7.77.